The van der Waals surface area contributed by atoms with Gasteiger partial charge in [0, 0.05) is 29.8 Å². The van der Waals surface area contributed by atoms with E-state index in [0.29, 0.717) is 29.5 Å². The first-order valence-corrected chi connectivity index (χ1v) is 11.5. The lowest BCUT2D eigenvalue weighted by Crippen LogP contribution is -2.26. The van der Waals surface area contributed by atoms with E-state index in [4.69, 9.17) is 15.5 Å². The summed E-state index contributed by atoms with van der Waals surface area (Å²) in [6.07, 6.45) is 5.91. The SMILES string of the molecule is COc1ccc(CNC(=O)c2cccc(-c3cnc(N)c4nc(C5CCNCC5)cn34)c2)cc1. The summed E-state index contributed by atoms with van der Waals surface area (Å²) in [6, 6.07) is 15.2. The Hall–Kier alpha value is -3.91. The molecule has 1 saturated heterocycles. The molecule has 34 heavy (non-hydrogen) atoms. The van der Waals surface area contributed by atoms with Gasteiger partial charge in [-0.2, -0.15) is 0 Å². The number of piperidine rings is 1. The number of nitrogens with one attached hydrogen (secondary N) is 2. The van der Waals surface area contributed by atoms with Gasteiger partial charge in [-0.3, -0.25) is 9.20 Å². The first-order chi connectivity index (χ1) is 16.6. The third kappa shape index (κ3) is 4.45. The summed E-state index contributed by atoms with van der Waals surface area (Å²) < 4.78 is 7.18. The van der Waals surface area contributed by atoms with Crippen LogP contribution in [0, 0.1) is 0 Å². The zero-order valence-electron chi connectivity index (χ0n) is 19.1. The van der Waals surface area contributed by atoms with Crippen LogP contribution in [0.5, 0.6) is 5.75 Å². The van der Waals surface area contributed by atoms with Gasteiger partial charge in [-0.05, 0) is 55.8 Å². The Morgan fingerprint density at radius 1 is 1.21 bits per heavy atom. The Kier molecular flexibility index (Phi) is 6.14. The van der Waals surface area contributed by atoms with Crippen LogP contribution in [0.1, 0.15) is 40.4 Å². The van der Waals surface area contributed by atoms with Crippen LogP contribution in [0.3, 0.4) is 0 Å². The summed E-state index contributed by atoms with van der Waals surface area (Å²) in [6.45, 7) is 2.42. The zero-order chi connectivity index (χ0) is 23.5. The summed E-state index contributed by atoms with van der Waals surface area (Å²) in [7, 11) is 1.63. The Morgan fingerprint density at radius 3 is 2.76 bits per heavy atom. The molecule has 0 bridgehead atoms. The Balaban J connectivity index is 1.39. The second kappa shape index (κ2) is 9.52. The van der Waals surface area contributed by atoms with E-state index in [1.54, 1.807) is 13.3 Å². The summed E-state index contributed by atoms with van der Waals surface area (Å²) in [5.74, 6) is 1.45. The van der Waals surface area contributed by atoms with Gasteiger partial charge >= 0.3 is 0 Å². The number of aromatic nitrogens is 3. The molecule has 0 spiro atoms. The second-order valence-electron chi connectivity index (χ2n) is 8.52. The predicted octanol–water partition coefficient (Wildman–Crippen LogP) is 3.38. The number of carbonyl (C=O) groups is 1. The van der Waals surface area contributed by atoms with Crippen molar-refractivity contribution in [3.05, 3.63) is 77.7 Å². The standard InChI is InChI=1S/C26H28N6O2/c1-34-21-7-5-17(6-8-21)14-30-26(33)20-4-2-3-19(13-20)23-15-29-24(27)25-31-22(16-32(23)25)18-9-11-28-12-10-18/h2-8,13,15-16,18,28H,9-12,14H2,1H3,(H2,27,29)(H,30,33). The molecule has 2 aromatic carbocycles. The highest BCUT2D eigenvalue weighted by molar-refractivity contribution is 5.95. The number of anilines is 1. The topological polar surface area (TPSA) is 107 Å². The lowest BCUT2D eigenvalue weighted by Gasteiger charge is -2.20. The van der Waals surface area contributed by atoms with Gasteiger partial charge in [0.1, 0.15) is 5.75 Å². The van der Waals surface area contributed by atoms with Crippen molar-refractivity contribution in [2.24, 2.45) is 0 Å². The third-order valence-electron chi connectivity index (χ3n) is 6.33. The number of imidazole rings is 1. The van der Waals surface area contributed by atoms with E-state index < -0.39 is 0 Å². The van der Waals surface area contributed by atoms with Crippen molar-refractivity contribution in [1.29, 1.82) is 0 Å². The largest absolute Gasteiger partial charge is 0.497 e. The number of nitrogen functional groups attached to an aromatic ring is 1. The Labute approximate surface area is 198 Å². The molecule has 0 radical (unpaired) electrons. The molecule has 174 valence electrons. The minimum absolute atomic E-state index is 0.140. The van der Waals surface area contributed by atoms with E-state index in [9.17, 15) is 4.79 Å². The average Bonchev–Trinajstić information content (AvgIpc) is 3.35. The van der Waals surface area contributed by atoms with Gasteiger partial charge in [0.25, 0.3) is 5.91 Å². The van der Waals surface area contributed by atoms with Crippen LogP contribution in [0.15, 0.2) is 60.9 Å². The number of fused-ring (bicyclic) bond motifs is 1. The number of nitrogens with two attached hydrogens (primary N) is 1. The van der Waals surface area contributed by atoms with E-state index >= 15 is 0 Å². The Morgan fingerprint density at radius 2 is 2.00 bits per heavy atom. The molecule has 2 aromatic heterocycles. The van der Waals surface area contributed by atoms with Crippen molar-refractivity contribution in [3.63, 3.8) is 0 Å². The number of amides is 1. The summed E-state index contributed by atoms with van der Waals surface area (Å²) in [5.41, 5.74) is 11.2. The number of benzene rings is 2. The number of ether oxygens (including phenoxy) is 1. The molecule has 0 aliphatic carbocycles. The molecule has 0 saturated carbocycles. The molecule has 8 heteroatoms. The molecular weight excluding hydrogens is 428 g/mol. The van der Waals surface area contributed by atoms with Crippen molar-refractivity contribution in [3.8, 4) is 17.0 Å². The van der Waals surface area contributed by atoms with Gasteiger partial charge in [-0.1, -0.05) is 24.3 Å². The summed E-state index contributed by atoms with van der Waals surface area (Å²) >= 11 is 0. The lowest BCUT2D eigenvalue weighted by molar-refractivity contribution is 0.0951. The van der Waals surface area contributed by atoms with Crippen LogP contribution in [-0.2, 0) is 6.54 Å². The first kappa shape index (κ1) is 21.9. The molecule has 0 unspecified atom stereocenters. The van der Waals surface area contributed by atoms with E-state index in [2.05, 4.69) is 21.8 Å². The molecule has 3 heterocycles. The predicted molar refractivity (Wildman–Crippen MR) is 132 cm³/mol. The van der Waals surface area contributed by atoms with Crippen LogP contribution in [0.2, 0.25) is 0 Å². The molecule has 1 aliphatic heterocycles. The van der Waals surface area contributed by atoms with Gasteiger partial charge in [0.05, 0.1) is 24.7 Å². The number of methoxy groups -OCH3 is 1. The van der Waals surface area contributed by atoms with Crippen LogP contribution < -0.4 is 21.1 Å². The van der Waals surface area contributed by atoms with Crippen molar-refractivity contribution in [2.75, 3.05) is 25.9 Å². The fourth-order valence-electron chi connectivity index (χ4n) is 4.39. The van der Waals surface area contributed by atoms with Gasteiger partial charge in [-0.25, -0.2) is 9.97 Å². The number of carbonyl (C=O) groups excluding carboxylic acids is 1. The molecule has 1 aliphatic rings. The number of hydrogen-bond donors (Lipinski definition) is 3. The average molecular weight is 457 g/mol. The van der Waals surface area contributed by atoms with Gasteiger partial charge in [-0.15, -0.1) is 0 Å². The van der Waals surface area contributed by atoms with Crippen molar-refractivity contribution < 1.29 is 9.53 Å². The highest BCUT2D eigenvalue weighted by atomic mass is 16.5. The fraction of sp³-hybridized carbons (Fsp3) is 0.269. The normalized spacial score (nSPS) is 14.3. The molecule has 0 atom stereocenters. The van der Waals surface area contributed by atoms with E-state index in [0.717, 1.165) is 54.2 Å². The summed E-state index contributed by atoms with van der Waals surface area (Å²) in [4.78, 5) is 22.0. The highest BCUT2D eigenvalue weighted by Crippen LogP contribution is 2.29. The number of rotatable bonds is 6. The quantitative estimate of drug-likeness (QED) is 0.411. The van der Waals surface area contributed by atoms with E-state index in [1.165, 1.54) is 0 Å². The first-order valence-electron chi connectivity index (χ1n) is 11.5. The molecular formula is C26H28N6O2. The summed E-state index contributed by atoms with van der Waals surface area (Å²) in [5, 5.41) is 6.38. The van der Waals surface area contributed by atoms with Gasteiger partial charge in [0.2, 0.25) is 0 Å². The van der Waals surface area contributed by atoms with Crippen molar-refractivity contribution in [1.82, 2.24) is 25.0 Å². The fourth-order valence-corrected chi connectivity index (χ4v) is 4.39. The van der Waals surface area contributed by atoms with Crippen LogP contribution in [0.25, 0.3) is 16.9 Å². The monoisotopic (exact) mass is 456 g/mol. The Bertz CT molecular complexity index is 1310. The van der Waals surface area contributed by atoms with Crippen LogP contribution in [0.4, 0.5) is 5.82 Å². The molecule has 5 rings (SSSR count). The lowest BCUT2D eigenvalue weighted by atomic mass is 9.95. The van der Waals surface area contributed by atoms with E-state index in [1.807, 2.05) is 52.9 Å². The zero-order valence-corrected chi connectivity index (χ0v) is 19.1. The minimum Gasteiger partial charge on any atom is -0.497 e. The molecule has 1 fully saturated rings. The second-order valence-corrected chi connectivity index (χ2v) is 8.52. The van der Waals surface area contributed by atoms with Crippen LogP contribution >= 0.6 is 0 Å². The van der Waals surface area contributed by atoms with Crippen LogP contribution in [-0.4, -0.2) is 40.5 Å². The highest BCUT2D eigenvalue weighted by Gasteiger charge is 2.20. The molecule has 4 N–H and O–H groups in total. The van der Waals surface area contributed by atoms with Crippen molar-refractivity contribution >= 4 is 17.4 Å². The number of hydrogen-bond acceptors (Lipinski definition) is 6. The molecule has 8 nitrogen and oxygen atoms in total. The third-order valence-corrected chi connectivity index (χ3v) is 6.33. The maximum atomic E-state index is 12.9. The smallest absolute Gasteiger partial charge is 0.251 e. The maximum Gasteiger partial charge on any atom is 0.251 e. The number of nitrogens with zero attached hydrogens (tertiary/aromatic N) is 3. The van der Waals surface area contributed by atoms with Crippen molar-refractivity contribution in [2.45, 2.75) is 25.3 Å². The van der Waals surface area contributed by atoms with E-state index in [-0.39, 0.29) is 5.91 Å². The minimum atomic E-state index is -0.140. The maximum absolute atomic E-state index is 12.9. The van der Waals surface area contributed by atoms with Gasteiger partial charge < -0.3 is 21.1 Å². The molecule has 4 aromatic rings. The molecule has 1 amide bonds. The van der Waals surface area contributed by atoms with Gasteiger partial charge in [0.15, 0.2) is 11.5 Å².